The number of aromatic nitrogens is 4. The van der Waals surface area contributed by atoms with Gasteiger partial charge < -0.3 is 0 Å². The van der Waals surface area contributed by atoms with Gasteiger partial charge in [-0.2, -0.15) is 0 Å². The van der Waals surface area contributed by atoms with E-state index in [1.807, 2.05) is 12.4 Å². The third kappa shape index (κ3) is 3.11. The van der Waals surface area contributed by atoms with E-state index in [-0.39, 0.29) is 0 Å². The van der Waals surface area contributed by atoms with Crippen LogP contribution in [-0.4, -0.2) is 35.2 Å². The van der Waals surface area contributed by atoms with Gasteiger partial charge in [-0.1, -0.05) is 86.9 Å². The summed E-state index contributed by atoms with van der Waals surface area (Å²) in [5, 5.41) is 6.02. The summed E-state index contributed by atoms with van der Waals surface area (Å²) >= 11 is 0. The molecule has 6 aromatic rings. The van der Waals surface area contributed by atoms with Crippen LogP contribution < -0.4 is 20.7 Å². The average molecular weight is 551 g/mol. The molecule has 0 fully saturated rings. The highest BCUT2D eigenvalue weighted by Crippen LogP contribution is 2.32. The van der Waals surface area contributed by atoms with Crippen LogP contribution in [0, 0.1) is 0 Å². The van der Waals surface area contributed by atoms with E-state index >= 15 is 0 Å². The van der Waals surface area contributed by atoms with Crippen LogP contribution >= 0.6 is 0 Å². The van der Waals surface area contributed by atoms with Gasteiger partial charge in [-0.15, -0.1) is 0 Å². The molecule has 0 amide bonds. The van der Waals surface area contributed by atoms with Crippen molar-refractivity contribution in [2.45, 2.75) is 26.2 Å². The second kappa shape index (κ2) is 8.13. The molecule has 8 rings (SSSR count). The van der Waals surface area contributed by atoms with Crippen molar-refractivity contribution in [2.75, 3.05) is 0 Å². The molecule has 4 nitrogen and oxygen atoms in total. The lowest BCUT2D eigenvalue weighted by molar-refractivity contribution is 0.989. The Morgan fingerprint density at radius 1 is 0.475 bits per heavy atom. The van der Waals surface area contributed by atoms with Crippen molar-refractivity contribution in [3.8, 4) is 45.3 Å². The third-order valence-electron chi connectivity index (χ3n) is 9.17. The molecule has 0 atom stereocenters. The summed E-state index contributed by atoms with van der Waals surface area (Å²) in [5.74, 6) is 1.69. The summed E-state index contributed by atoms with van der Waals surface area (Å²) in [4.78, 5) is 9.65. The van der Waals surface area contributed by atoms with E-state index in [4.69, 9.17) is 9.97 Å². The zero-order chi connectivity index (χ0) is 27.2. The first-order valence-electron chi connectivity index (χ1n) is 13.9. The second-order valence-corrected chi connectivity index (χ2v) is 20.7. The number of benzene rings is 4. The Labute approximate surface area is 236 Å². The van der Waals surface area contributed by atoms with E-state index in [0.717, 1.165) is 23.0 Å². The molecular formula is C34H30N4Si2. The predicted molar refractivity (Wildman–Crippen MR) is 170 cm³/mol. The molecule has 194 valence electrons. The van der Waals surface area contributed by atoms with Crippen LogP contribution in [0.4, 0.5) is 0 Å². The minimum absolute atomic E-state index is 0.847. The summed E-state index contributed by atoms with van der Waals surface area (Å²) in [7, 11) is -3.55. The van der Waals surface area contributed by atoms with Crippen LogP contribution in [0.2, 0.25) is 26.2 Å². The second-order valence-electron chi connectivity index (χ2n) is 12.0. The van der Waals surface area contributed by atoms with Gasteiger partial charge in [0.25, 0.3) is 0 Å². The quantitative estimate of drug-likeness (QED) is 0.279. The number of fused-ring (bicyclic) bond motifs is 6. The smallest absolute Gasteiger partial charge is 0.181 e. The van der Waals surface area contributed by atoms with Crippen molar-refractivity contribution in [1.29, 1.82) is 0 Å². The number of rotatable bonds is 3. The van der Waals surface area contributed by atoms with E-state index in [1.165, 1.54) is 43.0 Å². The van der Waals surface area contributed by atoms with Crippen LogP contribution in [0.1, 0.15) is 0 Å². The standard InChI is InChI=1S/C34H30N4Si2/c1-39(2)29-11-7-5-9-25(29)27-15-13-23(21-31(27)39)37-19-17-35-33(37)34-36-18-20-38(34)24-14-16-28-26-10-6-8-12-30(26)40(3,4)32(28)22-24/h5-22H,1-4H3. The molecule has 0 unspecified atom stereocenters. The Hall–Kier alpha value is -4.27. The minimum Gasteiger partial charge on any atom is -0.297 e. The lowest BCUT2D eigenvalue weighted by atomic mass is 10.1. The maximum absolute atomic E-state index is 4.82. The lowest BCUT2D eigenvalue weighted by Gasteiger charge is -2.20. The average Bonchev–Trinajstić information content (AvgIpc) is 3.74. The maximum atomic E-state index is 4.82. The number of hydrogen-bond donors (Lipinski definition) is 0. The first kappa shape index (κ1) is 23.6. The molecule has 40 heavy (non-hydrogen) atoms. The fourth-order valence-electron chi connectivity index (χ4n) is 7.04. The van der Waals surface area contributed by atoms with Gasteiger partial charge in [0, 0.05) is 36.2 Å². The minimum atomic E-state index is -1.77. The SMILES string of the molecule is C[Si]1(C)c2ccccc2-c2ccc(-n3ccnc3-c3nccn3-c3ccc4c(c3)[Si](C)(C)c3ccccc3-4)cc21. The van der Waals surface area contributed by atoms with E-state index in [9.17, 15) is 0 Å². The first-order valence-corrected chi connectivity index (χ1v) is 19.9. The van der Waals surface area contributed by atoms with Gasteiger partial charge >= 0.3 is 0 Å². The summed E-state index contributed by atoms with van der Waals surface area (Å²) < 4.78 is 4.38. The van der Waals surface area contributed by atoms with E-state index in [1.54, 1.807) is 0 Å². The molecule has 6 heteroatoms. The van der Waals surface area contributed by atoms with Gasteiger partial charge in [-0.3, -0.25) is 9.13 Å². The first-order chi connectivity index (χ1) is 19.4. The fourth-order valence-corrected chi connectivity index (χ4v) is 13.2. The molecule has 2 aliphatic heterocycles. The largest absolute Gasteiger partial charge is 0.297 e. The monoisotopic (exact) mass is 550 g/mol. The third-order valence-corrected chi connectivity index (χ3v) is 16.3. The van der Waals surface area contributed by atoms with Crippen LogP contribution in [0.15, 0.2) is 110 Å². The molecule has 0 saturated heterocycles. The Bertz CT molecular complexity index is 1830. The van der Waals surface area contributed by atoms with Gasteiger partial charge in [0.05, 0.1) is 0 Å². The van der Waals surface area contributed by atoms with Gasteiger partial charge in [0.2, 0.25) is 0 Å². The molecule has 0 aliphatic carbocycles. The van der Waals surface area contributed by atoms with Gasteiger partial charge in [-0.05, 0) is 67.3 Å². The van der Waals surface area contributed by atoms with Crippen LogP contribution in [-0.2, 0) is 0 Å². The molecular weight excluding hydrogens is 521 g/mol. The number of imidazole rings is 2. The predicted octanol–water partition coefficient (Wildman–Crippen LogP) is 5.33. The van der Waals surface area contributed by atoms with Crippen molar-refractivity contribution < 1.29 is 0 Å². The maximum Gasteiger partial charge on any atom is 0.181 e. The fraction of sp³-hybridized carbons (Fsp3) is 0.118. The van der Waals surface area contributed by atoms with Crippen molar-refractivity contribution in [3.05, 3.63) is 110 Å². The molecule has 0 N–H and O–H groups in total. The lowest BCUT2D eigenvalue weighted by Crippen LogP contribution is -2.49. The zero-order valence-corrected chi connectivity index (χ0v) is 25.2. The molecule has 0 radical (unpaired) electrons. The molecule has 4 heterocycles. The van der Waals surface area contributed by atoms with Crippen molar-refractivity contribution in [1.82, 2.24) is 19.1 Å². The molecule has 2 aromatic heterocycles. The molecule has 0 bridgehead atoms. The normalized spacial score (nSPS) is 15.4. The van der Waals surface area contributed by atoms with E-state index in [2.05, 4.69) is 133 Å². The van der Waals surface area contributed by atoms with Gasteiger partial charge in [0.15, 0.2) is 11.6 Å². The molecule has 4 aromatic carbocycles. The Kier molecular flexibility index (Phi) is 4.80. The summed E-state index contributed by atoms with van der Waals surface area (Å²) in [5.41, 5.74) is 7.81. The number of nitrogens with zero attached hydrogens (tertiary/aromatic N) is 4. The van der Waals surface area contributed by atoms with Crippen molar-refractivity contribution in [2.24, 2.45) is 0 Å². The number of hydrogen-bond acceptors (Lipinski definition) is 2. The topological polar surface area (TPSA) is 35.6 Å². The Balaban J connectivity index is 1.22. The van der Waals surface area contributed by atoms with Crippen molar-refractivity contribution in [3.63, 3.8) is 0 Å². The van der Waals surface area contributed by atoms with Crippen LogP contribution in [0.25, 0.3) is 45.3 Å². The summed E-state index contributed by atoms with van der Waals surface area (Å²) in [6, 6.07) is 31.7. The molecule has 0 spiro atoms. The molecule has 2 aliphatic rings. The summed E-state index contributed by atoms with van der Waals surface area (Å²) in [6.45, 7) is 9.83. The van der Waals surface area contributed by atoms with E-state index in [0.29, 0.717) is 0 Å². The van der Waals surface area contributed by atoms with E-state index < -0.39 is 16.1 Å². The Morgan fingerprint density at radius 3 is 1.32 bits per heavy atom. The zero-order valence-electron chi connectivity index (χ0n) is 23.2. The van der Waals surface area contributed by atoms with Gasteiger partial charge in [-0.25, -0.2) is 9.97 Å². The Morgan fingerprint density at radius 2 is 0.875 bits per heavy atom. The highest BCUT2D eigenvalue weighted by molar-refractivity contribution is 7.04. The summed E-state index contributed by atoms with van der Waals surface area (Å²) in [6.07, 6.45) is 7.88. The highest BCUT2D eigenvalue weighted by atomic mass is 28.3. The van der Waals surface area contributed by atoms with Crippen LogP contribution in [0.3, 0.4) is 0 Å². The van der Waals surface area contributed by atoms with Gasteiger partial charge in [0.1, 0.15) is 16.1 Å². The highest BCUT2D eigenvalue weighted by Gasteiger charge is 2.38. The van der Waals surface area contributed by atoms with Crippen LogP contribution in [0.5, 0.6) is 0 Å². The van der Waals surface area contributed by atoms with Crippen molar-refractivity contribution >= 4 is 36.9 Å². The molecule has 0 saturated carbocycles.